The molecule has 0 spiro atoms. The molecule has 0 aliphatic rings. The normalized spacial score (nSPS) is 12.6. The van der Waals surface area contributed by atoms with Gasteiger partial charge < -0.3 is 0 Å². The fraction of sp³-hybridized carbons (Fsp3) is 0.714. The molecule has 0 radical (unpaired) electrons. The van der Waals surface area contributed by atoms with Crippen molar-refractivity contribution >= 4 is 0 Å². The van der Waals surface area contributed by atoms with Crippen molar-refractivity contribution in [3.63, 3.8) is 0 Å². The second kappa shape index (κ2) is 8.26. The Morgan fingerprint density at radius 3 is 2.31 bits per heavy atom. The Morgan fingerprint density at radius 1 is 0.938 bits per heavy atom. The first-order chi connectivity index (χ1) is 7.88. The molecule has 0 fully saturated rings. The molecule has 1 heterocycles. The predicted octanol–water partition coefficient (Wildman–Crippen LogP) is 4.33. The minimum absolute atomic E-state index is 0.669. The van der Waals surface area contributed by atoms with Gasteiger partial charge in [0.2, 0.25) is 0 Å². The fourth-order valence-corrected chi connectivity index (χ4v) is 2.17. The Balaban J connectivity index is 2.41. The van der Waals surface area contributed by atoms with Crippen LogP contribution in [-0.4, -0.2) is 9.97 Å². The van der Waals surface area contributed by atoms with E-state index >= 15 is 0 Å². The van der Waals surface area contributed by atoms with Crippen LogP contribution in [0, 0.1) is 0 Å². The smallest absolute Gasteiger partial charge is 0.115 e. The molecule has 1 unspecified atom stereocenters. The Morgan fingerprint density at radius 2 is 1.69 bits per heavy atom. The minimum atomic E-state index is 0.669. The van der Waals surface area contributed by atoms with Gasteiger partial charge in [-0.1, -0.05) is 46.0 Å². The quantitative estimate of drug-likeness (QED) is 0.609. The highest BCUT2D eigenvalue weighted by atomic mass is 14.8. The second-order valence-electron chi connectivity index (χ2n) is 4.51. The molecule has 0 saturated heterocycles. The van der Waals surface area contributed by atoms with E-state index in [4.69, 9.17) is 0 Å². The maximum atomic E-state index is 4.12. The summed E-state index contributed by atoms with van der Waals surface area (Å²) in [5, 5.41) is 0. The summed E-state index contributed by atoms with van der Waals surface area (Å²) in [4.78, 5) is 8.24. The van der Waals surface area contributed by atoms with Crippen molar-refractivity contribution in [2.75, 3.05) is 0 Å². The molecule has 1 aromatic rings. The van der Waals surface area contributed by atoms with Crippen LogP contribution in [0.1, 0.15) is 70.3 Å². The van der Waals surface area contributed by atoms with Crippen LogP contribution >= 0.6 is 0 Å². The van der Waals surface area contributed by atoms with Gasteiger partial charge in [-0.25, -0.2) is 9.97 Å². The van der Waals surface area contributed by atoms with Crippen molar-refractivity contribution in [3.8, 4) is 0 Å². The maximum absolute atomic E-state index is 4.12. The highest BCUT2D eigenvalue weighted by Crippen LogP contribution is 2.26. The third-order valence-corrected chi connectivity index (χ3v) is 3.10. The number of unbranched alkanes of at least 4 members (excludes halogenated alkanes) is 3. The predicted molar refractivity (Wildman–Crippen MR) is 68.4 cm³/mol. The lowest BCUT2D eigenvalue weighted by molar-refractivity contribution is 0.519. The van der Waals surface area contributed by atoms with Gasteiger partial charge in [0.05, 0.1) is 0 Å². The van der Waals surface area contributed by atoms with Crippen molar-refractivity contribution < 1.29 is 0 Å². The maximum Gasteiger partial charge on any atom is 0.115 e. The van der Waals surface area contributed by atoms with Gasteiger partial charge in [0.1, 0.15) is 6.33 Å². The summed E-state index contributed by atoms with van der Waals surface area (Å²) in [5.41, 5.74) is 1.32. The Bertz CT molecular complexity index is 259. The van der Waals surface area contributed by atoms with E-state index < -0.39 is 0 Å². The summed E-state index contributed by atoms with van der Waals surface area (Å²) < 4.78 is 0. The van der Waals surface area contributed by atoms with Gasteiger partial charge in [0.15, 0.2) is 0 Å². The van der Waals surface area contributed by atoms with Crippen LogP contribution in [0.3, 0.4) is 0 Å². The zero-order chi connectivity index (χ0) is 11.6. The molecule has 2 nitrogen and oxygen atoms in total. The molecule has 0 aromatic carbocycles. The van der Waals surface area contributed by atoms with Crippen LogP contribution in [0.5, 0.6) is 0 Å². The molecule has 0 bridgehead atoms. The van der Waals surface area contributed by atoms with Gasteiger partial charge in [0, 0.05) is 12.4 Å². The molecule has 1 rings (SSSR count). The van der Waals surface area contributed by atoms with Crippen LogP contribution in [0.25, 0.3) is 0 Å². The van der Waals surface area contributed by atoms with Crippen LogP contribution < -0.4 is 0 Å². The number of aromatic nitrogens is 2. The molecule has 0 aliphatic heterocycles. The number of hydrogen-bond acceptors (Lipinski definition) is 2. The summed E-state index contributed by atoms with van der Waals surface area (Å²) >= 11 is 0. The zero-order valence-corrected chi connectivity index (χ0v) is 10.7. The molecular weight excluding hydrogens is 196 g/mol. The lowest BCUT2D eigenvalue weighted by atomic mass is 9.91. The van der Waals surface area contributed by atoms with Gasteiger partial charge in [-0.2, -0.15) is 0 Å². The Kier molecular flexibility index (Phi) is 6.78. The van der Waals surface area contributed by atoms with Crippen LogP contribution in [0.4, 0.5) is 0 Å². The summed E-state index contributed by atoms with van der Waals surface area (Å²) in [6.07, 6.45) is 14.8. The molecule has 1 aromatic heterocycles. The lowest BCUT2D eigenvalue weighted by Crippen LogP contribution is -2.00. The van der Waals surface area contributed by atoms with Crippen molar-refractivity contribution in [2.24, 2.45) is 0 Å². The van der Waals surface area contributed by atoms with E-state index in [0.717, 1.165) is 0 Å². The third-order valence-electron chi connectivity index (χ3n) is 3.10. The Hall–Kier alpha value is -0.920. The first-order valence-corrected chi connectivity index (χ1v) is 6.63. The molecule has 2 heteroatoms. The van der Waals surface area contributed by atoms with E-state index in [1.165, 1.54) is 50.5 Å². The Labute approximate surface area is 99.5 Å². The molecule has 0 saturated carbocycles. The number of nitrogens with zero attached hydrogens (tertiary/aromatic N) is 2. The summed E-state index contributed by atoms with van der Waals surface area (Å²) in [7, 11) is 0. The SMILES string of the molecule is CCCCCCC(CCC)c1cncnc1. The zero-order valence-electron chi connectivity index (χ0n) is 10.7. The molecular formula is C14H24N2. The fourth-order valence-electron chi connectivity index (χ4n) is 2.17. The van der Waals surface area contributed by atoms with Crippen LogP contribution in [0.15, 0.2) is 18.7 Å². The van der Waals surface area contributed by atoms with E-state index in [2.05, 4.69) is 23.8 Å². The molecule has 16 heavy (non-hydrogen) atoms. The van der Waals surface area contributed by atoms with Gasteiger partial charge in [0.25, 0.3) is 0 Å². The first kappa shape index (κ1) is 13.1. The highest BCUT2D eigenvalue weighted by Gasteiger charge is 2.10. The molecule has 90 valence electrons. The average molecular weight is 220 g/mol. The van der Waals surface area contributed by atoms with Crippen molar-refractivity contribution in [3.05, 3.63) is 24.3 Å². The third kappa shape index (κ3) is 4.73. The standard InChI is InChI=1S/C14H24N2/c1-3-5-6-7-9-13(8-4-2)14-10-15-12-16-11-14/h10-13H,3-9H2,1-2H3. The van der Waals surface area contributed by atoms with Crippen LogP contribution in [0.2, 0.25) is 0 Å². The van der Waals surface area contributed by atoms with Gasteiger partial charge in [-0.15, -0.1) is 0 Å². The largest absolute Gasteiger partial charge is 0.245 e. The van der Waals surface area contributed by atoms with Crippen molar-refractivity contribution in [1.82, 2.24) is 9.97 Å². The number of rotatable bonds is 8. The number of hydrogen-bond donors (Lipinski definition) is 0. The van der Waals surface area contributed by atoms with E-state index in [9.17, 15) is 0 Å². The van der Waals surface area contributed by atoms with E-state index in [0.29, 0.717) is 5.92 Å². The van der Waals surface area contributed by atoms with Crippen LogP contribution in [-0.2, 0) is 0 Å². The molecule has 0 amide bonds. The minimum Gasteiger partial charge on any atom is -0.245 e. The van der Waals surface area contributed by atoms with Gasteiger partial charge in [-0.05, 0) is 24.3 Å². The average Bonchev–Trinajstić information content (AvgIpc) is 2.34. The first-order valence-electron chi connectivity index (χ1n) is 6.63. The van der Waals surface area contributed by atoms with Gasteiger partial charge in [-0.3, -0.25) is 0 Å². The summed E-state index contributed by atoms with van der Waals surface area (Å²) in [6, 6.07) is 0. The van der Waals surface area contributed by atoms with Gasteiger partial charge >= 0.3 is 0 Å². The molecule has 1 atom stereocenters. The van der Waals surface area contributed by atoms with Crippen molar-refractivity contribution in [1.29, 1.82) is 0 Å². The summed E-state index contributed by atoms with van der Waals surface area (Å²) in [5.74, 6) is 0.669. The highest BCUT2D eigenvalue weighted by molar-refractivity contribution is 5.09. The molecule has 0 aliphatic carbocycles. The van der Waals surface area contributed by atoms with E-state index in [1.54, 1.807) is 6.33 Å². The van der Waals surface area contributed by atoms with Crippen molar-refractivity contribution in [2.45, 2.75) is 64.7 Å². The van der Waals surface area contributed by atoms with E-state index in [-0.39, 0.29) is 0 Å². The summed E-state index contributed by atoms with van der Waals surface area (Å²) in [6.45, 7) is 4.51. The van der Waals surface area contributed by atoms with E-state index in [1.807, 2.05) is 12.4 Å². The molecule has 0 N–H and O–H groups in total. The topological polar surface area (TPSA) is 25.8 Å². The monoisotopic (exact) mass is 220 g/mol. The second-order valence-corrected chi connectivity index (χ2v) is 4.51. The lowest BCUT2D eigenvalue weighted by Gasteiger charge is -2.15.